The summed E-state index contributed by atoms with van der Waals surface area (Å²) in [5.74, 6) is 5.89. The van der Waals surface area contributed by atoms with E-state index in [0.717, 1.165) is 6.42 Å². The quantitative estimate of drug-likeness (QED) is 0.641. The van der Waals surface area contributed by atoms with Crippen LogP contribution in [0.25, 0.3) is 0 Å². The SMILES string of the molecule is Cc1ccc(C)c(CC(NN)C(C)(C)N2CCCC2)c1. The van der Waals surface area contributed by atoms with E-state index in [1.165, 1.54) is 42.6 Å². The van der Waals surface area contributed by atoms with Crippen molar-refractivity contribution in [3.05, 3.63) is 34.9 Å². The average molecular weight is 275 g/mol. The molecule has 1 aliphatic rings. The zero-order valence-corrected chi connectivity index (χ0v) is 13.4. The van der Waals surface area contributed by atoms with E-state index in [1.54, 1.807) is 0 Å². The predicted octanol–water partition coefficient (Wildman–Crippen LogP) is 2.55. The fourth-order valence-corrected chi connectivity index (χ4v) is 3.27. The van der Waals surface area contributed by atoms with Crippen LogP contribution < -0.4 is 11.3 Å². The van der Waals surface area contributed by atoms with E-state index in [9.17, 15) is 0 Å². The van der Waals surface area contributed by atoms with Crippen LogP contribution in [0.3, 0.4) is 0 Å². The van der Waals surface area contributed by atoms with Gasteiger partial charge in [-0.3, -0.25) is 16.2 Å². The molecule has 0 aromatic heterocycles. The molecular weight excluding hydrogens is 246 g/mol. The van der Waals surface area contributed by atoms with Gasteiger partial charge in [-0.15, -0.1) is 0 Å². The highest BCUT2D eigenvalue weighted by molar-refractivity contribution is 5.31. The summed E-state index contributed by atoms with van der Waals surface area (Å²) >= 11 is 0. The first kappa shape index (κ1) is 15.5. The maximum atomic E-state index is 5.89. The van der Waals surface area contributed by atoms with E-state index in [2.05, 4.69) is 56.2 Å². The van der Waals surface area contributed by atoms with Crippen molar-refractivity contribution in [1.29, 1.82) is 0 Å². The van der Waals surface area contributed by atoms with E-state index < -0.39 is 0 Å². The number of aryl methyl sites for hydroxylation is 2. The minimum absolute atomic E-state index is 0.0848. The highest BCUT2D eigenvalue weighted by Crippen LogP contribution is 2.26. The summed E-state index contributed by atoms with van der Waals surface area (Å²) in [4.78, 5) is 2.57. The molecule has 0 amide bonds. The van der Waals surface area contributed by atoms with E-state index in [4.69, 9.17) is 5.84 Å². The predicted molar refractivity (Wildman–Crippen MR) is 85.6 cm³/mol. The molecule has 1 aliphatic heterocycles. The highest BCUT2D eigenvalue weighted by atomic mass is 15.3. The summed E-state index contributed by atoms with van der Waals surface area (Å²) in [5, 5.41) is 0. The molecule has 20 heavy (non-hydrogen) atoms. The van der Waals surface area contributed by atoms with Crippen LogP contribution in [0, 0.1) is 13.8 Å². The van der Waals surface area contributed by atoms with Crippen molar-refractivity contribution >= 4 is 0 Å². The van der Waals surface area contributed by atoms with E-state index in [1.807, 2.05) is 0 Å². The van der Waals surface area contributed by atoms with Gasteiger partial charge in [0.2, 0.25) is 0 Å². The number of nitrogens with two attached hydrogens (primary N) is 1. The molecule has 0 spiro atoms. The Balaban J connectivity index is 2.17. The summed E-state index contributed by atoms with van der Waals surface area (Å²) < 4.78 is 0. The lowest BCUT2D eigenvalue weighted by Crippen LogP contribution is -2.59. The van der Waals surface area contributed by atoms with Gasteiger partial charge in [0.25, 0.3) is 0 Å². The molecule has 1 aromatic carbocycles. The standard InChI is InChI=1S/C17H29N3/c1-13-7-8-14(2)15(11-13)12-16(19-18)17(3,4)20-9-5-6-10-20/h7-8,11,16,19H,5-6,9-10,12,18H2,1-4H3. The molecule has 3 N–H and O–H groups in total. The van der Waals surface area contributed by atoms with Crippen molar-refractivity contribution in [1.82, 2.24) is 10.3 Å². The molecule has 1 saturated heterocycles. The summed E-state index contributed by atoms with van der Waals surface area (Å²) in [6.07, 6.45) is 3.60. The van der Waals surface area contributed by atoms with Crippen LogP contribution >= 0.6 is 0 Å². The van der Waals surface area contributed by atoms with Gasteiger partial charge in [-0.25, -0.2) is 0 Å². The van der Waals surface area contributed by atoms with Gasteiger partial charge in [0.1, 0.15) is 0 Å². The van der Waals surface area contributed by atoms with Crippen LogP contribution in [-0.4, -0.2) is 29.6 Å². The van der Waals surface area contributed by atoms with Crippen LogP contribution in [-0.2, 0) is 6.42 Å². The van der Waals surface area contributed by atoms with Gasteiger partial charge in [0.15, 0.2) is 0 Å². The number of nitrogens with one attached hydrogen (secondary N) is 1. The van der Waals surface area contributed by atoms with E-state index >= 15 is 0 Å². The zero-order chi connectivity index (χ0) is 14.8. The number of benzene rings is 1. The van der Waals surface area contributed by atoms with E-state index in [0.29, 0.717) is 0 Å². The van der Waals surface area contributed by atoms with Crippen LogP contribution in [0.5, 0.6) is 0 Å². The lowest BCUT2D eigenvalue weighted by Gasteiger charge is -2.42. The lowest BCUT2D eigenvalue weighted by atomic mass is 9.86. The molecule has 3 nitrogen and oxygen atoms in total. The van der Waals surface area contributed by atoms with Gasteiger partial charge < -0.3 is 0 Å². The first-order valence-corrected chi connectivity index (χ1v) is 7.72. The maximum Gasteiger partial charge on any atom is 0.0429 e. The second kappa shape index (κ2) is 6.25. The molecule has 2 rings (SSSR count). The molecule has 1 aromatic rings. The number of hydrazine groups is 1. The van der Waals surface area contributed by atoms with Crippen molar-refractivity contribution in [3.63, 3.8) is 0 Å². The highest BCUT2D eigenvalue weighted by Gasteiger charge is 2.36. The van der Waals surface area contributed by atoms with Gasteiger partial charge in [-0.2, -0.15) is 0 Å². The second-order valence-corrected chi connectivity index (χ2v) is 6.70. The topological polar surface area (TPSA) is 41.3 Å². The summed E-state index contributed by atoms with van der Waals surface area (Å²) in [6, 6.07) is 6.94. The Labute approximate surface area is 123 Å². The van der Waals surface area contributed by atoms with Crippen LogP contribution in [0.1, 0.15) is 43.4 Å². The van der Waals surface area contributed by atoms with Gasteiger partial charge in [-0.05, 0) is 71.2 Å². The number of hydrogen-bond donors (Lipinski definition) is 2. The van der Waals surface area contributed by atoms with Crippen molar-refractivity contribution in [2.24, 2.45) is 5.84 Å². The first-order chi connectivity index (χ1) is 9.45. The minimum atomic E-state index is 0.0848. The van der Waals surface area contributed by atoms with Gasteiger partial charge in [0, 0.05) is 11.6 Å². The van der Waals surface area contributed by atoms with Crippen LogP contribution in [0.15, 0.2) is 18.2 Å². The van der Waals surface area contributed by atoms with Gasteiger partial charge in [0.05, 0.1) is 0 Å². The smallest absolute Gasteiger partial charge is 0.0429 e. The number of rotatable bonds is 5. The molecule has 1 fully saturated rings. The van der Waals surface area contributed by atoms with Crippen molar-refractivity contribution in [2.45, 2.75) is 58.5 Å². The van der Waals surface area contributed by atoms with Crippen LogP contribution in [0.2, 0.25) is 0 Å². The monoisotopic (exact) mass is 275 g/mol. The Morgan fingerprint density at radius 1 is 1.25 bits per heavy atom. The molecule has 0 radical (unpaired) electrons. The fraction of sp³-hybridized carbons (Fsp3) is 0.647. The first-order valence-electron chi connectivity index (χ1n) is 7.72. The van der Waals surface area contributed by atoms with E-state index in [-0.39, 0.29) is 11.6 Å². The third-order valence-corrected chi connectivity index (χ3v) is 4.90. The normalized spacial score (nSPS) is 18.4. The maximum absolute atomic E-state index is 5.89. The van der Waals surface area contributed by atoms with Gasteiger partial charge >= 0.3 is 0 Å². The fourth-order valence-electron chi connectivity index (χ4n) is 3.27. The Morgan fingerprint density at radius 2 is 1.90 bits per heavy atom. The molecule has 1 unspecified atom stereocenters. The molecule has 112 valence electrons. The Bertz CT molecular complexity index is 448. The lowest BCUT2D eigenvalue weighted by molar-refractivity contribution is 0.106. The third kappa shape index (κ3) is 3.22. The second-order valence-electron chi connectivity index (χ2n) is 6.70. The number of hydrogen-bond acceptors (Lipinski definition) is 3. The Kier molecular flexibility index (Phi) is 4.84. The molecule has 0 bridgehead atoms. The molecule has 1 heterocycles. The molecule has 0 saturated carbocycles. The summed E-state index contributed by atoms with van der Waals surface area (Å²) in [5.41, 5.74) is 7.23. The number of nitrogens with zero attached hydrogens (tertiary/aromatic N) is 1. The molecule has 3 heteroatoms. The average Bonchev–Trinajstić information content (AvgIpc) is 2.94. The van der Waals surface area contributed by atoms with Crippen molar-refractivity contribution in [3.8, 4) is 0 Å². The molecule has 0 aliphatic carbocycles. The summed E-state index contributed by atoms with van der Waals surface area (Å²) in [6.45, 7) is 11.3. The Hall–Kier alpha value is -0.900. The Morgan fingerprint density at radius 3 is 2.50 bits per heavy atom. The number of likely N-dealkylation sites (tertiary alicyclic amines) is 1. The van der Waals surface area contributed by atoms with Gasteiger partial charge in [-0.1, -0.05) is 23.8 Å². The van der Waals surface area contributed by atoms with Crippen LogP contribution in [0.4, 0.5) is 0 Å². The largest absolute Gasteiger partial charge is 0.297 e. The summed E-state index contributed by atoms with van der Waals surface area (Å²) in [7, 11) is 0. The van der Waals surface area contributed by atoms with Crippen molar-refractivity contribution in [2.75, 3.05) is 13.1 Å². The van der Waals surface area contributed by atoms with Crippen molar-refractivity contribution < 1.29 is 0 Å². The zero-order valence-electron chi connectivity index (χ0n) is 13.4. The third-order valence-electron chi connectivity index (χ3n) is 4.90. The molecule has 1 atom stereocenters. The molecular formula is C17H29N3. The minimum Gasteiger partial charge on any atom is -0.297 e.